The van der Waals surface area contributed by atoms with Crippen LogP contribution in [0.2, 0.25) is 0 Å². The summed E-state index contributed by atoms with van der Waals surface area (Å²) in [4.78, 5) is 27.7. The van der Waals surface area contributed by atoms with Gasteiger partial charge in [0.15, 0.2) is 0 Å². The van der Waals surface area contributed by atoms with Gasteiger partial charge in [0, 0.05) is 0 Å². The van der Waals surface area contributed by atoms with E-state index in [1.165, 1.54) is 12.1 Å². The topological polar surface area (TPSA) is 206 Å². The van der Waals surface area contributed by atoms with Crippen LogP contribution in [0.3, 0.4) is 0 Å². The van der Waals surface area contributed by atoms with E-state index in [4.69, 9.17) is 22.3 Å². The van der Waals surface area contributed by atoms with Crippen molar-refractivity contribution in [1.82, 2.24) is 15.2 Å². The van der Waals surface area contributed by atoms with E-state index >= 15 is 0 Å². The lowest BCUT2D eigenvalue weighted by molar-refractivity contribution is -0.121. The smallest absolute Gasteiger partial charge is 0.284 e. The highest BCUT2D eigenvalue weighted by Crippen LogP contribution is 2.17. The molecule has 0 aliphatic heterocycles. The summed E-state index contributed by atoms with van der Waals surface area (Å²) < 4.78 is 54.0. The van der Waals surface area contributed by atoms with E-state index in [1.54, 1.807) is 4.72 Å². The van der Waals surface area contributed by atoms with E-state index in [-0.39, 0.29) is 10.6 Å². The summed E-state index contributed by atoms with van der Waals surface area (Å²) in [5.74, 6) is -5.54. The first-order valence-electron chi connectivity index (χ1n) is 9.24. The molecule has 2 aromatic carbocycles. The lowest BCUT2D eigenvalue weighted by Gasteiger charge is -2.23. The molecule has 0 aromatic heterocycles. The molecule has 0 heterocycles. The predicted molar refractivity (Wildman–Crippen MR) is 117 cm³/mol. The molecule has 0 saturated carbocycles. The molecular weight excluding hydrogens is 476 g/mol. The van der Waals surface area contributed by atoms with Crippen LogP contribution in [0, 0.1) is 11.6 Å². The highest BCUT2D eigenvalue weighted by atomic mass is 32.2. The highest BCUT2D eigenvalue weighted by molar-refractivity contribution is 7.90. The Labute approximate surface area is 192 Å². The third-order valence-electron chi connectivity index (χ3n) is 4.06. The summed E-state index contributed by atoms with van der Waals surface area (Å²) in [5, 5.41) is 9.30. The number of carbonyl (C=O) groups excluding carboxylic acids is 2. The summed E-state index contributed by atoms with van der Waals surface area (Å²) >= 11 is 0. The average molecular weight is 497 g/mol. The predicted octanol–water partition coefficient (Wildman–Crippen LogP) is -0.888. The Morgan fingerprint density at radius 3 is 2.18 bits per heavy atom. The normalized spacial score (nSPS) is 12.5. The number of hydrogen-bond acceptors (Lipinski definition) is 8. The van der Waals surface area contributed by atoms with Crippen LogP contribution < -0.4 is 27.3 Å². The van der Waals surface area contributed by atoms with Gasteiger partial charge in [0.25, 0.3) is 21.8 Å². The van der Waals surface area contributed by atoms with Gasteiger partial charge >= 0.3 is 0 Å². The molecule has 182 valence electrons. The van der Waals surface area contributed by atoms with Crippen LogP contribution in [-0.2, 0) is 14.8 Å². The molecule has 0 unspecified atom stereocenters. The van der Waals surface area contributed by atoms with Crippen molar-refractivity contribution in [3.05, 3.63) is 72.1 Å². The maximum absolute atomic E-state index is 13.9. The Morgan fingerprint density at radius 2 is 1.68 bits per heavy atom. The van der Waals surface area contributed by atoms with Crippen LogP contribution in [0.5, 0.6) is 0 Å². The van der Waals surface area contributed by atoms with Crippen molar-refractivity contribution in [2.24, 2.45) is 22.2 Å². The maximum atomic E-state index is 13.9. The summed E-state index contributed by atoms with van der Waals surface area (Å²) in [7, 11) is -4.28. The highest BCUT2D eigenvalue weighted by Gasteiger charge is 2.25. The molecule has 12 nitrogen and oxygen atoms in total. The number of nitrogens with two attached hydrogens (primary N) is 3. The van der Waals surface area contributed by atoms with E-state index in [9.17, 15) is 26.8 Å². The fraction of sp³-hybridized carbons (Fsp3) is 0.105. The second-order valence-electron chi connectivity index (χ2n) is 6.59. The Kier molecular flexibility index (Phi) is 8.23. The van der Waals surface area contributed by atoms with Crippen molar-refractivity contribution >= 4 is 33.5 Å². The van der Waals surface area contributed by atoms with E-state index in [2.05, 4.69) is 17.0 Å². The fourth-order valence-electron chi connectivity index (χ4n) is 2.40. The number of aliphatic hydroxyl groups is 1. The van der Waals surface area contributed by atoms with Gasteiger partial charge in [-0.15, -0.1) is 0 Å². The maximum Gasteiger partial charge on any atom is 0.284 e. The number of nitrogens with zero attached hydrogens (tertiary/aromatic N) is 2. The first-order valence-corrected chi connectivity index (χ1v) is 10.7. The molecule has 0 aliphatic carbocycles. The lowest BCUT2D eigenvalue weighted by atomic mass is 10.2. The largest absolute Gasteiger partial charge is 0.394 e. The van der Waals surface area contributed by atoms with Gasteiger partial charge in [0.2, 0.25) is 5.96 Å². The summed E-state index contributed by atoms with van der Waals surface area (Å²) in [5.41, 5.74) is 17.9. The van der Waals surface area contributed by atoms with Gasteiger partial charge in [-0.05, 0) is 36.4 Å². The summed E-state index contributed by atoms with van der Waals surface area (Å²) in [6.07, 6.45) is 0. The number of amides is 2. The van der Waals surface area contributed by atoms with Crippen molar-refractivity contribution in [2.75, 3.05) is 6.61 Å². The Hall–Kier alpha value is -4.08. The molecule has 0 bridgehead atoms. The van der Waals surface area contributed by atoms with Crippen molar-refractivity contribution in [1.29, 1.82) is 0 Å². The third-order valence-corrected chi connectivity index (χ3v) is 5.42. The zero-order valence-electron chi connectivity index (χ0n) is 17.4. The minimum atomic E-state index is -4.28. The minimum Gasteiger partial charge on any atom is -0.394 e. The van der Waals surface area contributed by atoms with E-state index in [0.29, 0.717) is 5.01 Å². The number of rotatable bonds is 7. The second kappa shape index (κ2) is 10.7. The quantitative estimate of drug-likeness (QED) is 0.159. The molecule has 2 aromatic rings. The summed E-state index contributed by atoms with van der Waals surface area (Å²) in [6.45, 7) is 2.59. The number of nitrogens with one attached hydrogen (secondary N) is 2. The summed E-state index contributed by atoms with van der Waals surface area (Å²) in [6, 6.07) is 5.99. The van der Waals surface area contributed by atoms with Crippen LogP contribution in [-0.4, -0.2) is 49.0 Å². The number of sulfonamides is 1. The van der Waals surface area contributed by atoms with Crippen molar-refractivity contribution < 1.29 is 31.9 Å². The number of benzene rings is 2. The fourth-order valence-corrected chi connectivity index (χ4v) is 3.42. The van der Waals surface area contributed by atoms with Gasteiger partial charge in [0.05, 0.1) is 17.2 Å². The van der Waals surface area contributed by atoms with Crippen LogP contribution in [0.4, 0.5) is 14.5 Å². The van der Waals surface area contributed by atoms with Crippen LogP contribution in [0.25, 0.3) is 0 Å². The Balaban J connectivity index is 2.21. The van der Waals surface area contributed by atoms with E-state index in [0.717, 1.165) is 30.3 Å². The number of hydrazine groups is 1. The van der Waals surface area contributed by atoms with E-state index < -0.39 is 63.5 Å². The zero-order valence-corrected chi connectivity index (χ0v) is 18.2. The zero-order chi connectivity index (χ0) is 25.6. The van der Waals surface area contributed by atoms with Crippen molar-refractivity contribution in [3.8, 4) is 0 Å². The first-order chi connectivity index (χ1) is 15.9. The van der Waals surface area contributed by atoms with Crippen molar-refractivity contribution in [2.45, 2.75) is 10.9 Å². The molecule has 9 N–H and O–H groups in total. The van der Waals surface area contributed by atoms with Gasteiger partial charge in [-0.1, -0.05) is 12.6 Å². The molecule has 2 rings (SSSR count). The third kappa shape index (κ3) is 6.25. The minimum absolute atomic E-state index is 0.0921. The standard InChI is InChI=1S/C19H21F2N7O5S/c1-10(22)28(18(31)16-13(20)3-2-4-14(16)21)26-19(24)25-11-5-7-12(8-6-11)34(32,33)27-17(30)15(23)9-29/h2-8,15,29H,1,9,22-23H2,(H,27,30)(H3,24,25,26)/t15-/m0/s1. The average Bonchev–Trinajstić information content (AvgIpc) is 2.76. The molecule has 0 aliphatic rings. The molecule has 0 radical (unpaired) electrons. The van der Waals surface area contributed by atoms with E-state index in [1.807, 2.05) is 0 Å². The lowest BCUT2D eigenvalue weighted by Crippen LogP contribution is -2.50. The molecule has 1 atom stereocenters. The Bertz CT molecular complexity index is 1220. The SMILES string of the molecule is C=C(N)N(NC(N)=Nc1ccc(S(=O)(=O)NC(=O)[C@@H](N)CO)cc1)C(=O)c1c(F)cccc1F. The first kappa shape index (κ1) is 26.2. The van der Waals surface area contributed by atoms with Gasteiger partial charge < -0.3 is 22.3 Å². The van der Waals surface area contributed by atoms with Gasteiger partial charge in [0.1, 0.15) is 29.1 Å². The van der Waals surface area contributed by atoms with Gasteiger partial charge in [-0.2, -0.15) is 0 Å². The number of halogens is 2. The van der Waals surface area contributed by atoms with Crippen LogP contribution >= 0.6 is 0 Å². The molecule has 15 heteroatoms. The number of hydrogen-bond donors (Lipinski definition) is 6. The molecular formula is C19H21F2N7O5S. The molecule has 2 amide bonds. The number of aliphatic hydroxyl groups excluding tert-OH is 1. The molecule has 0 fully saturated rings. The number of carbonyl (C=O) groups is 2. The van der Waals surface area contributed by atoms with Crippen LogP contribution in [0.1, 0.15) is 10.4 Å². The number of aliphatic imine (C=N–C) groups is 1. The Morgan fingerprint density at radius 1 is 1.12 bits per heavy atom. The monoisotopic (exact) mass is 497 g/mol. The van der Waals surface area contributed by atoms with Crippen LogP contribution in [0.15, 0.2) is 64.8 Å². The second-order valence-corrected chi connectivity index (χ2v) is 8.27. The number of guanidine groups is 1. The molecule has 0 saturated heterocycles. The molecule has 34 heavy (non-hydrogen) atoms. The molecule has 0 spiro atoms. The van der Waals surface area contributed by atoms with Crippen molar-refractivity contribution in [3.63, 3.8) is 0 Å². The van der Waals surface area contributed by atoms with Gasteiger partial charge in [-0.25, -0.2) is 31.9 Å². The van der Waals surface area contributed by atoms with Gasteiger partial charge in [-0.3, -0.25) is 15.0 Å².